The predicted molar refractivity (Wildman–Crippen MR) is 95.2 cm³/mol. The topological polar surface area (TPSA) is 94.8 Å². The molecule has 0 radical (unpaired) electrons. The van der Waals surface area contributed by atoms with Crippen molar-refractivity contribution in [2.75, 3.05) is 6.61 Å². The summed E-state index contributed by atoms with van der Waals surface area (Å²) in [5, 5.41) is 32.4. The van der Waals surface area contributed by atoms with E-state index in [0.29, 0.717) is 43.3 Å². The maximum atomic E-state index is 12.4. The van der Waals surface area contributed by atoms with Gasteiger partial charge in [0.25, 0.3) is 0 Å². The highest BCUT2D eigenvalue weighted by molar-refractivity contribution is 5.89. The summed E-state index contributed by atoms with van der Waals surface area (Å²) in [6.07, 6.45) is 6.08. The van der Waals surface area contributed by atoms with Crippen LogP contribution in [-0.2, 0) is 9.59 Å². The molecule has 4 aliphatic carbocycles. The number of hydrogen-bond donors (Lipinski definition) is 3. The second-order valence-electron chi connectivity index (χ2n) is 9.97. The van der Waals surface area contributed by atoms with E-state index in [1.807, 2.05) is 6.92 Å². The predicted octanol–water partition coefficient (Wildman–Crippen LogP) is 2.01. The summed E-state index contributed by atoms with van der Waals surface area (Å²) >= 11 is 0. The highest BCUT2D eigenvalue weighted by Crippen LogP contribution is 2.69. The molecule has 0 unspecified atom stereocenters. The summed E-state index contributed by atoms with van der Waals surface area (Å²) in [5.74, 6) is 0.596. The van der Waals surface area contributed by atoms with Crippen molar-refractivity contribution in [2.45, 2.75) is 82.8 Å². The van der Waals surface area contributed by atoms with Crippen LogP contribution in [0.1, 0.15) is 71.6 Å². The molecule has 3 N–H and O–H groups in total. The van der Waals surface area contributed by atoms with Crippen molar-refractivity contribution in [1.82, 2.24) is 0 Å². The maximum absolute atomic E-state index is 12.4. The Bertz CT molecular complexity index is 646. The number of Topliss-reactive ketones (excluding diaryl/α,β-unsaturated/α-hetero) is 2. The third-order valence-electron chi connectivity index (χ3n) is 9.42. The maximum Gasteiger partial charge on any atom is 0.190 e. The standard InChI is InChI=1S/C21H32O5/c1-18-7-5-14(23)11-13(18)3-4-16-15(18)6-8-19(2)20(16,25)9-10-21(19,26)17(24)12-22/h13,15-16,22,25-26H,3-12H2,1-2H3/t13-,15+,16-,18+,19-,20-,21+/m1/s1. The van der Waals surface area contributed by atoms with Crippen LogP contribution in [0.25, 0.3) is 0 Å². The number of fused-ring (bicyclic) bond motifs is 5. The van der Waals surface area contributed by atoms with Gasteiger partial charge in [-0.15, -0.1) is 0 Å². The van der Waals surface area contributed by atoms with Gasteiger partial charge in [-0.3, -0.25) is 9.59 Å². The Balaban J connectivity index is 1.71. The van der Waals surface area contributed by atoms with Gasteiger partial charge in [0.15, 0.2) is 5.78 Å². The van der Waals surface area contributed by atoms with Crippen LogP contribution in [0.15, 0.2) is 0 Å². The molecule has 0 bridgehead atoms. The lowest BCUT2D eigenvalue weighted by molar-refractivity contribution is -0.230. The number of aliphatic hydroxyl groups excluding tert-OH is 1. The lowest BCUT2D eigenvalue weighted by atomic mass is 9.43. The van der Waals surface area contributed by atoms with Crippen molar-refractivity contribution in [2.24, 2.45) is 28.6 Å². The van der Waals surface area contributed by atoms with Gasteiger partial charge < -0.3 is 15.3 Å². The average molecular weight is 364 g/mol. The van der Waals surface area contributed by atoms with E-state index in [-0.39, 0.29) is 17.8 Å². The second-order valence-corrected chi connectivity index (χ2v) is 9.97. The summed E-state index contributed by atoms with van der Waals surface area (Å²) in [4.78, 5) is 24.3. The Hall–Kier alpha value is -0.780. The van der Waals surface area contributed by atoms with Gasteiger partial charge in [0.05, 0.1) is 5.60 Å². The lowest BCUT2D eigenvalue weighted by Crippen LogP contribution is -2.66. The Morgan fingerprint density at radius 3 is 2.46 bits per heavy atom. The highest BCUT2D eigenvalue weighted by Gasteiger charge is 2.73. The van der Waals surface area contributed by atoms with Crippen molar-refractivity contribution >= 4 is 11.6 Å². The fourth-order valence-corrected chi connectivity index (χ4v) is 7.61. The molecule has 0 heterocycles. The van der Waals surface area contributed by atoms with Gasteiger partial charge in [-0.2, -0.15) is 0 Å². The van der Waals surface area contributed by atoms with Crippen LogP contribution in [0.3, 0.4) is 0 Å². The summed E-state index contributed by atoms with van der Waals surface area (Å²) < 4.78 is 0. The molecule has 0 aliphatic heterocycles. The molecule has 7 atom stereocenters. The molecule has 0 spiro atoms. The van der Waals surface area contributed by atoms with Gasteiger partial charge in [-0.1, -0.05) is 13.8 Å². The Kier molecular flexibility index (Phi) is 4.01. The molecule has 4 rings (SSSR count). The van der Waals surface area contributed by atoms with E-state index in [0.717, 1.165) is 25.7 Å². The van der Waals surface area contributed by atoms with Crippen LogP contribution in [0.2, 0.25) is 0 Å². The Labute approximate surface area is 155 Å². The van der Waals surface area contributed by atoms with E-state index >= 15 is 0 Å². The van der Waals surface area contributed by atoms with E-state index in [2.05, 4.69) is 6.92 Å². The number of aliphatic hydroxyl groups is 3. The van der Waals surface area contributed by atoms with Crippen LogP contribution in [0.5, 0.6) is 0 Å². The fourth-order valence-electron chi connectivity index (χ4n) is 7.61. The van der Waals surface area contributed by atoms with Crippen LogP contribution in [-0.4, -0.2) is 44.7 Å². The SMILES string of the molecule is C[C@]12CCC(=O)C[C@H]1CC[C@@H]1[C@@H]2CC[C@]2(C)[C@@]1(O)CC[C@]2(O)C(=O)CO. The van der Waals surface area contributed by atoms with Crippen molar-refractivity contribution in [1.29, 1.82) is 0 Å². The molecule has 4 saturated carbocycles. The number of rotatable bonds is 2. The van der Waals surface area contributed by atoms with Gasteiger partial charge in [0, 0.05) is 18.3 Å². The molecule has 146 valence electrons. The van der Waals surface area contributed by atoms with E-state index in [1.54, 1.807) is 0 Å². The van der Waals surface area contributed by atoms with E-state index in [1.165, 1.54) is 0 Å². The molecule has 5 heteroatoms. The van der Waals surface area contributed by atoms with Gasteiger partial charge in [-0.05, 0) is 68.1 Å². The summed E-state index contributed by atoms with van der Waals surface area (Å²) in [6, 6.07) is 0. The molecule has 4 aliphatic rings. The van der Waals surface area contributed by atoms with Crippen molar-refractivity contribution in [3.8, 4) is 0 Å². The molecular formula is C21H32O5. The van der Waals surface area contributed by atoms with Gasteiger partial charge in [-0.25, -0.2) is 0 Å². The van der Waals surface area contributed by atoms with E-state index in [9.17, 15) is 24.9 Å². The van der Waals surface area contributed by atoms with Crippen LogP contribution in [0.4, 0.5) is 0 Å². The number of hydrogen-bond acceptors (Lipinski definition) is 5. The van der Waals surface area contributed by atoms with Gasteiger partial charge in [0.2, 0.25) is 0 Å². The van der Waals surface area contributed by atoms with Crippen LogP contribution < -0.4 is 0 Å². The van der Waals surface area contributed by atoms with Crippen molar-refractivity contribution < 1.29 is 24.9 Å². The zero-order valence-corrected chi connectivity index (χ0v) is 16.0. The molecule has 0 aromatic rings. The molecule has 26 heavy (non-hydrogen) atoms. The van der Waals surface area contributed by atoms with Crippen molar-refractivity contribution in [3.05, 3.63) is 0 Å². The third-order valence-corrected chi connectivity index (χ3v) is 9.42. The van der Waals surface area contributed by atoms with Gasteiger partial charge in [0.1, 0.15) is 18.0 Å². The largest absolute Gasteiger partial charge is 0.389 e. The van der Waals surface area contributed by atoms with E-state index < -0.39 is 29.0 Å². The molecule has 5 nitrogen and oxygen atoms in total. The van der Waals surface area contributed by atoms with Crippen molar-refractivity contribution in [3.63, 3.8) is 0 Å². The summed E-state index contributed by atoms with van der Waals surface area (Å²) in [6.45, 7) is 3.47. The van der Waals surface area contributed by atoms with Crippen LogP contribution in [0, 0.1) is 28.6 Å². The number of carbonyl (C=O) groups excluding carboxylic acids is 2. The van der Waals surface area contributed by atoms with Crippen LogP contribution >= 0.6 is 0 Å². The quantitative estimate of drug-likeness (QED) is 0.697. The number of carbonyl (C=O) groups is 2. The molecule has 0 aromatic heterocycles. The first kappa shape index (κ1) is 18.6. The first-order chi connectivity index (χ1) is 12.1. The Morgan fingerprint density at radius 2 is 1.77 bits per heavy atom. The molecule has 4 fully saturated rings. The monoisotopic (exact) mass is 364 g/mol. The molecule has 0 saturated heterocycles. The van der Waals surface area contributed by atoms with Gasteiger partial charge >= 0.3 is 0 Å². The smallest absolute Gasteiger partial charge is 0.190 e. The average Bonchev–Trinajstić information content (AvgIpc) is 2.84. The zero-order valence-electron chi connectivity index (χ0n) is 16.0. The molecule has 0 amide bonds. The van der Waals surface area contributed by atoms with E-state index in [4.69, 9.17) is 0 Å². The summed E-state index contributed by atoms with van der Waals surface area (Å²) in [7, 11) is 0. The Morgan fingerprint density at radius 1 is 1.04 bits per heavy atom. The number of ketones is 2. The highest BCUT2D eigenvalue weighted by atomic mass is 16.3. The first-order valence-corrected chi connectivity index (χ1v) is 10.2. The fraction of sp³-hybridized carbons (Fsp3) is 0.905. The zero-order chi connectivity index (χ0) is 19.0. The summed E-state index contributed by atoms with van der Waals surface area (Å²) in [5.41, 5.74) is -3.56. The minimum atomic E-state index is -1.64. The molecular weight excluding hydrogens is 332 g/mol. The minimum absolute atomic E-state index is 0.0521. The first-order valence-electron chi connectivity index (χ1n) is 10.2. The minimum Gasteiger partial charge on any atom is -0.389 e. The second kappa shape index (κ2) is 5.62. The normalized spacial score (nSPS) is 53.6. The third kappa shape index (κ3) is 2.03. The molecule has 0 aromatic carbocycles. The lowest BCUT2D eigenvalue weighted by Gasteiger charge is -2.63.